The van der Waals surface area contributed by atoms with Crippen LogP contribution in [-0.2, 0) is 15.1 Å². The SMILES string of the molecule is C[C@@]1(c2ccccc2)NC(=O)N(NC(=O)CN2CCC[C@H]2c2cccs2)C1=O. The van der Waals surface area contributed by atoms with Crippen molar-refractivity contribution in [2.45, 2.75) is 31.3 Å². The van der Waals surface area contributed by atoms with Crippen molar-refractivity contribution >= 4 is 29.2 Å². The number of hydrogen-bond acceptors (Lipinski definition) is 5. The van der Waals surface area contributed by atoms with E-state index in [1.807, 2.05) is 17.5 Å². The molecule has 1 aromatic heterocycles. The molecule has 2 N–H and O–H groups in total. The van der Waals surface area contributed by atoms with Crippen molar-refractivity contribution in [3.63, 3.8) is 0 Å². The molecule has 2 aliphatic heterocycles. The highest BCUT2D eigenvalue weighted by Crippen LogP contribution is 2.34. The predicted octanol–water partition coefficient (Wildman–Crippen LogP) is 2.38. The number of urea groups is 1. The van der Waals surface area contributed by atoms with Crippen LogP contribution < -0.4 is 10.7 Å². The third-order valence-corrected chi connectivity index (χ3v) is 6.33. The first-order valence-corrected chi connectivity index (χ1v) is 10.2. The molecule has 0 unspecified atom stereocenters. The zero-order chi connectivity index (χ0) is 19.7. The molecule has 3 heterocycles. The lowest BCUT2D eigenvalue weighted by Gasteiger charge is -2.25. The highest BCUT2D eigenvalue weighted by Gasteiger charge is 2.50. The van der Waals surface area contributed by atoms with E-state index in [2.05, 4.69) is 21.7 Å². The average molecular weight is 398 g/mol. The first-order valence-electron chi connectivity index (χ1n) is 9.28. The van der Waals surface area contributed by atoms with E-state index < -0.39 is 17.5 Å². The van der Waals surface area contributed by atoms with Crippen molar-refractivity contribution < 1.29 is 14.4 Å². The maximum Gasteiger partial charge on any atom is 0.344 e. The Kier molecular flexibility index (Phi) is 4.91. The van der Waals surface area contributed by atoms with Crippen LogP contribution in [0.1, 0.15) is 36.2 Å². The maximum atomic E-state index is 12.9. The van der Waals surface area contributed by atoms with Crippen molar-refractivity contribution in [1.82, 2.24) is 20.7 Å². The Labute approximate surface area is 167 Å². The van der Waals surface area contributed by atoms with Crippen molar-refractivity contribution in [3.8, 4) is 0 Å². The van der Waals surface area contributed by atoms with Crippen molar-refractivity contribution in [1.29, 1.82) is 0 Å². The summed E-state index contributed by atoms with van der Waals surface area (Å²) in [6.07, 6.45) is 2.02. The second-order valence-corrected chi connectivity index (χ2v) is 8.22. The standard InChI is InChI=1S/C20H22N4O3S/c1-20(14-7-3-2-4-8-14)18(26)24(19(27)21-20)22-17(25)13-23-11-5-9-15(23)16-10-6-12-28-16/h2-4,6-8,10,12,15H,5,9,11,13H2,1H3,(H,21,27)(H,22,25)/t15-,20-/m0/s1. The number of carbonyl (C=O) groups excluding carboxylic acids is 3. The summed E-state index contributed by atoms with van der Waals surface area (Å²) in [4.78, 5) is 41.2. The highest BCUT2D eigenvalue weighted by molar-refractivity contribution is 7.10. The van der Waals surface area contributed by atoms with Gasteiger partial charge in [0, 0.05) is 10.9 Å². The fraction of sp³-hybridized carbons (Fsp3) is 0.350. The van der Waals surface area contributed by atoms with Crippen LogP contribution in [0.4, 0.5) is 4.79 Å². The average Bonchev–Trinajstić information content (AvgIpc) is 3.41. The zero-order valence-corrected chi connectivity index (χ0v) is 16.4. The van der Waals surface area contributed by atoms with Gasteiger partial charge in [0.2, 0.25) is 0 Å². The number of nitrogens with one attached hydrogen (secondary N) is 2. The summed E-state index contributed by atoms with van der Waals surface area (Å²) >= 11 is 1.68. The van der Waals surface area contributed by atoms with Crippen molar-refractivity contribution in [2.24, 2.45) is 0 Å². The molecule has 146 valence electrons. The second-order valence-electron chi connectivity index (χ2n) is 7.24. The van der Waals surface area contributed by atoms with Gasteiger partial charge < -0.3 is 5.32 Å². The number of thiophene rings is 1. The lowest BCUT2D eigenvalue weighted by molar-refractivity contribution is -0.139. The summed E-state index contributed by atoms with van der Waals surface area (Å²) in [5, 5.41) is 5.52. The fourth-order valence-corrected chi connectivity index (χ4v) is 4.77. The molecule has 0 radical (unpaired) electrons. The van der Waals surface area contributed by atoms with Gasteiger partial charge in [0.1, 0.15) is 5.54 Å². The minimum absolute atomic E-state index is 0.141. The van der Waals surface area contributed by atoms with Crippen LogP contribution in [-0.4, -0.2) is 40.8 Å². The molecule has 2 aliphatic rings. The molecule has 2 atom stereocenters. The number of nitrogens with zero attached hydrogens (tertiary/aromatic N) is 2. The van der Waals surface area contributed by atoms with E-state index in [0.717, 1.165) is 24.4 Å². The van der Waals surface area contributed by atoms with E-state index in [9.17, 15) is 14.4 Å². The molecule has 1 aromatic carbocycles. The maximum absolute atomic E-state index is 12.9. The number of imide groups is 1. The number of benzene rings is 1. The van der Waals surface area contributed by atoms with Gasteiger partial charge in [0.25, 0.3) is 11.8 Å². The van der Waals surface area contributed by atoms with E-state index in [0.29, 0.717) is 5.56 Å². The van der Waals surface area contributed by atoms with Crippen LogP contribution in [0.3, 0.4) is 0 Å². The molecule has 0 spiro atoms. The molecule has 0 saturated carbocycles. The van der Waals surface area contributed by atoms with Gasteiger partial charge in [0.15, 0.2) is 0 Å². The van der Waals surface area contributed by atoms with Gasteiger partial charge in [-0.25, -0.2) is 4.79 Å². The molecule has 0 aliphatic carbocycles. The lowest BCUT2D eigenvalue weighted by Crippen LogP contribution is -2.50. The van der Waals surface area contributed by atoms with Crippen LogP contribution >= 0.6 is 11.3 Å². The Hall–Kier alpha value is -2.71. The molecule has 2 aromatic rings. The van der Waals surface area contributed by atoms with Crippen LogP contribution in [0.15, 0.2) is 47.8 Å². The van der Waals surface area contributed by atoms with Crippen molar-refractivity contribution in [3.05, 3.63) is 58.3 Å². The Morgan fingerprint density at radius 1 is 1.25 bits per heavy atom. The summed E-state index contributed by atoms with van der Waals surface area (Å²) < 4.78 is 0. The third-order valence-electron chi connectivity index (χ3n) is 5.36. The largest absolute Gasteiger partial charge is 0.344 e. The lowest BCUT2D eigenvalue weighted by atomic mass is 9.92. The van der Waals surface area contributed by atoms with Gasteiger partial charge in [-0.1, -0.05) is 36.4 Å². The smallest absolute Gasteiger partial charge is 0.318 e. The van der Waals surface area contributed by atoms with Crippen LogP contribution in [0, 0.1) is 0 Å². The molecule has 4 amide bonds. The summed E-state index contributed by atoms with van der Waals surface area (Å²) in [6, 6.07) is 12.7. The van der Waals surface area contributed by atoms with Crippen LogP contribution in [0.5, 0.6) is 0 Å². The summed E-state index contributed by atoms with van der Waals surface area (Å²) in [7, 11) is 0. The minimum atomic E-state index is -1.20. The molecular formula is C20H22N4O3S. The zero-order valence-electron chi connectivity index (χ0n) is 15.6. The van der Waals surface area contributed by atoms with Gasteiger partial charge in [-0.15, -0.1) is 11.3 Å². The van der Waals surface area contributed by atoms with E-state index >= 15 is 0 Å². The van der Waals surface area contributed by atoms with E-state index in [-0.39, 0.29) is 18.5 Å². The molecule has 2 fully saturated rings. The summed E-state index contributed by atoms with van der Waals surface area (Å²) in [6.45, 7) is 2.60. The van der Waals surface area contributed by atoms with E-state index in [4.69, 9.17) is 0 Å². The molecule has 4 rings (SSSR count). The number of hydrogen-bond donors (Lipinski definition) is 2. The normalized spacial score (nSPS) is 25.2. The molecule has 28 heavy (non-hydrogen) atoms. The first-order chi connectivity index (χ1) is 13.5. The Balaban J connectivity index is 1.43. The van der Waals surface area contributed by atoms with Gasteiger partial charge in [-0.05, 0) is 43.3 Å². The number of amides is 4. The molecular weight excluding hydrogens is 376 g/mol. The van der Waals surface area contributed by atoms with Crippen LogP contribution in [0.2, 0.25) is 0 Å². The minimum Gasteiger partial charge on any atom is -0.318 e. The fourth-order valence-electron chi connectivity index (χ4n) is 3.87. The van der Waals surface area contributed by atoms with Gasteiger partial charge in [0.05, 0.1) is 6.54 Å². The first kappa shape index (κ1) is 18.6. The summed E-state index contributed by atoms with van der Waals surface area (Å²) in [5.41, 5.74) is 1.96. The van der Waals surface area contributed by atoms with Gasteiger partial charge in [-0.2, -0.15) is 5.01 Å². The number of rotatable bonds is 5. The Morgan fingerprint density at radius 2 is 2.04 bits per heavy atom. The van der Waals surface area contributed by atoms with E-state index in [1.165, 1.54) is 4.88 Å². The molecule has 7 nitrogen and oxygen atoms in total. The topological polar surface area (TPSA) is 81.8 Å². The third kappa shape index (κ3) is 3.29. The highest BCUT2D eigenvalue weighted by atomic mass is 32.1. The number of hydrazine groups is 1. The Bertz CT molecular complexity index is 886. The predicted molar refractivity (Wildman–Crippen MR) is 105 cm³/mol. The monoisotopic (exact) mass is 398 g/mol. The number of likely N-dealkylation sites (tertiary alicyclic amines) is 1. The van der Waals surface area contributed by atoms with Gasteiger partial charge in [-0.3, -0.25) is 19.9 Å². The Morgan fingerprint density at radius 3 is 2.75 bits per heavy atom. The quantitative estimate of drug-likeness (QED) is 0.758. The van der Waals surface area contributed by atoms with Crippen LogP contribution in [0.25, 0.3) is 0 Å². The molecule has 0 bridgehead atoms. The number of carbonyl (C=O) groups is 3. The summed E-state index contributed by atoms with van der Waals surface area (Å²) in [5.74, 6) is -0.863. The van der Waals surface area contributed by atoms with E-state index in [1.54, 1.807) is 42.5 Å². The van der Waals surface area contributed by atoms with Gasteiger partial charge >= 0.3 is 6.03 Å². The van der Waals surface area contributed by atoms with Crippen molar-refractivity contribution in [2.75, 3.05) is 13.1 Å². The molecule has 2 saturated heterocycles. The second kappa shape index (κ2) is 7.37. The molecule has 8 heteroatoms.